The SMILES string of the molecule is CC(C)=CC[NH2+]c1ccc2ccccc2c1C.[Cl-]. The van der Waals surface area contributed by atoms with Gasteiger partial charge in [-0.25, -0.2) is 0 Å². The van der Waals surface area contributed by atoms with Crippen molar-refractivity contribution in [3.63, 3.8) is 0 Å². The molecule has 0 aliphatic heterocycles. The molecule has 0 saturated heterocycles. The summed E-state index contributed by atoms with van der Waals surface area (Å²) in [6.07, 6.45) is 2.26. The van der Waals surface area contributed by atoms with E-state index in [4.69, 9.17) is 0 Å². The second-order valence-electron chi connectivity index (χ2n) is 4.72. The molecule has 0 unspecified atom stereocenters. The third-order valence-corrected chi connectivity index (χ3v) is 3.10. The van der Waals surface area contributed by atoms with Crippen LogP contribution in [0.3, 0.4) is 0 Å². The third kappa shape index (κ3) is 3.34. The van der Waals surface area contributed by atoms with E-state index in [0.29, 0.717) is 0 Å². The Balaban J connectivity index is 0.00000162. The van der Waals surface area contributed by atoms with Crippen LogP contribution in [0.1, 0.15) is 19.4 Å². The standard InChI is InChI=1S/C16H19N.ClH/c1-12(2)10-11-17-16-9-8-14-6-4-5-7-15(14)13(16)3;/h4-10,17H,11H2,1-3H3;1H. The van der Waals surface area contributed by atoms with Crippen molar-refractivity contribution in [2.45, 2.75) is 20.8 Å². The number of hydrogen-bond acceptors (Lipinski definition) is 0. The molecule has 0 atom stereocenters. The number of halogens is 1. The highest BCUT2D eigenvalue weighted by atomic mass is 35.5. The molecule has 2 heteroatoms. The normalized spacial score (nSPS) is 9.94. The van der Waals surface area contributed by atoms with Gasteiger partial charge in [0.2, 0.25) is 0 Å². The zero-order valence-electron chi connectivity index (χ0n) is 11.2. The van der Waals surface area contributed by atoms with Crippen LogP contribution in [0.15, 0.2) is 48.0 Å². The fourth-order valence-corrected chi connectivity index (χ4v) is 2.09. The van der Waals surface area contributed by atoms with Crippen LogP contribution in [0.2, 0.25) is 0 Å². The van der Waals surface area contributed by atoms with Crippen LogP contribution in [-0.2, 0) is 0 Å². The number of rotatable bonds is 3. The van der Waals surface area contributed by atoms with Crippen LogP contribution >= 0.6 is 0 Å². The zero-order chi connectivity index (χ0) is 12.3. The van der Waals surface area contributed by atoms with Crippen LogP contribution in [0.25, 0.3) is 10.8 Å². The van der Waals surface area contributed by atoms with Gasteiger partial charge in [-0.3, -0.25) is 0 Å². The zero-order valence-corrected chi connectivity index (χ0v) is 12.0. The lowest BCUT2D eigenvalue weighted by Gasteiger charge is -2.06. The Morgan fingerprint density at radius 2 is 1.83 bits per heavy atom. The van der Waals surface area contributed by atoms with E-state index in [-0.39, 0.29) is 12.4 Å². The minimum atomic E-state index is 0. The molecule has 0 aliphatic rings. The fourth-order valence-electron chi connectivity index (χ4n) is 2.09. The van der Waals surface area contributed by atoms with E-state index in [1.165, 1.54) is 27.6 Å². The molecule has 2 N–H and O–H groups in total. The highest BCUT2D eigenvalue weighted by molar-refractivity contribution is 5.88. The first-order chi connectivity index (χ1) is 8.18. The molecule has 0 saturated carbocycles. The van der Waals surface area contributed by atoms with Gasteiger partial charge in [-0.05, 0) is 49.8 Å². The summed E-state index contributed by atoms with van der Waals surface area (Å²) in [6, 6.07) is 13.0. The van der Waals surface area contributed by atoms with Gasteiger partial charge in [0.25, 0.3) is 0 Å². The van der Waals surface area contributed by atoms with Crippen molar-refractivity contribution in [2.24, 2.45) is 0 Å². The third-order valence-electron chi connectivity index (χ3n) is 3.10. The summed E-state index contributed by atoms with van der Waals surface area (Å²) in [7, 11) is 0. The number of allylic oxidation sites excluding steroid dienone is 1. The van der Waals surface area contributed by atoms with Crippen molar-refractivity contribution < 1.29 is 17.7 Å². The Hall–Kier alpha value is -1.31. The lowest BCUT2D eigenvalue weighted by Crippen LogP contribution is -3.00. The molecule has 0 amide bonds. The van der Waals surface area contributed by atoms with Crippen molar-refractivity contribution in [3.8, 4) is 0 Å². The Morgan fingerprint density at radius 1 is 1.11 bits per heavy atom. The molecule has 18 heavy (non-hydrogen) atoms. The highest BCUT2D eigenvalue weighted by Crippen LogP contribution is 2.22. The van der Waals surface area contributed by atoms with Crippen LogP contribution in [0.4, 0.5) is 5.69 Å². The van der Waals surface area contributed by atoms with Gasteiger partial charge in [0.1, 0.15) is 5.69 Å². The molecule has 0 fully saturated rings. The summed E-state index contributed by atoms with van der Waals surface area (Å²) in [5.74, 6) is 0. The van der Waals surface area contributed by atoms with E-state index in [0.717, 1.165) is 6.54 Å². The Labute approximate surface area is 115 Å². The average molecular weight is 262 g/mol. The molecule has 0 radical (unpaired) electrons. The van der Waals surface area contributed by atoms with Crippen LogP contribution in [0.5, 0.6) is 0 Å². The molecule has 0 heterocycles. The van der Waals surface area contributed by atoms with Gasteiger partial charge in [-0.2, -0.15) is 0 Å². The molecule has 2 aromatic rings. The predicted molar refractivity (Wildman–Crippen MR) is 74.6 cm³/mol. The van der Waals surface area contributed by atoms with E-state index in [2.05, 4.69) is 68.6 Å². The summed E-state index contributed by atoms with van der Waals surface area (Å²) in [6.45, 7) is 7.50. The van der Waals surface area contributed by atoms with Crippen LogP contribution in [0, 0.1) is 6.92 Å². The molecule has 1 nitrogen and oxygen atoms in total. The minimum Gasteiger partial charge on any atom is -1.00 e. The number of aryl methyl sites for hydroxylation is 1. The summed E-state index contributed by atoms with van der Waals surface area (Å²) >= 11 is 0. The second kappa shape index (κ2) is 6.58. The van der Waals surface area contributed by atoms with Gasteiger partial charge in [0.15, 0.2) is 0 Å². The number of quaternary nitrogens is 1. The second-order valence-corrected chi connectivity index (χ2v) is 4.72. The first kappa shape index (κ1) is 14.7. The Bertz CT molecular complexity index is 554. The predicted octanol–water partition coefficient (Wildman–Crippen LogP) is 0.313. The number of hydrogen-bond donors (Lipinski definition) is 1. The summed E-state index contributed by atoms with van der Waals surface area (Å²) in [5.41, 5.74) is 4.10. The minimum absolute atomic E-state index is 0. The monoisotopic (exact) mass is 261 g/mol. The van der Waals surface area contributed by atoms with Crippen molar-refractivity contribution in [2.75, 3.05) is 6.54 Å². The average Bonchev–Trinajstić information content (AvgIpc) is 2.32. The summed E-state index contributed by atoms with van der Waals surface area (Å²) in [5, 5.41) is 4.98. The van der Waals surface area contributed by atoms with Crippen molar-refractivity contribution in [1.29, 1.82) is 0 Å². The molecule has 0 aliphatic carbocycles. The fraction of sp³-hybridized carbons (Fsp3) is 0.250. The van der Waals surface area contributed by atoms with E-state index in [1.54, 1.807) is 0 Å². The van der Waals surface area contributed by atoms with Gasteiger partial charge < -0.3 is 17.7 Å². The molecule has 2 rings (SSSR count). The largest absolute Gasteiger partial charge is 1.00 e. The molecule has 0 spiro atoms. The van der Waals surface area contributed by atoms with Crippen molar-refractivity contribution in [1.82, 2.24) is 0 Å². The van der Waals surface area contributed by atoms with Gasteiger partial charge in [0.05, 0.1) is 6.54 Å². The Morgan fingerprint density at radius 3 is 2.56 bits per heavy atom. The molecule has 96 valence electrons. The summed E-state index contributed by atoms with van der Waals surface area (Å²) in [4.78, 5) is 0. The van der Waals surface area contributed by atoms with E-state index < -0.39 is 0 Å². The Kier molecular flexibility index (Phi) is 5.39. The molecule has 2 aromatic carbocycles. The van der Waals surface area contributed by atoms with Gasteiger partial charge >= 0.3 is 0 Å². The maximum absolute atomic E-state index is 2.30. The van der Waals surface area contributed by atoms with E-state index in [9.17, 15) is 0 Å². The first-order valence-electron chi connectivity index (χ1n) is 6.13. The molecular formula is C16H20ClN. The first-order valence-corrected chi connectivity index (χ1v) is 6.13. The van der Waals surface area contributed by atoms with E-state index in [1.807, 2.05) is 0 Å². The van der Waals surface area contributed by atoms with Crippen LogP contribution < -0.4 is 17.7 Å². The smallest absolute Gasteiger partial charge is 0.133 e. The molecular weight excluding hydrogens is 242 g/mol. The lowest BCUT2D eigenvalue weighted by atomic mass is 10.0. The maximum Gasteiger partial charge on any atom is 0.133 e. The molecule has 0 bridgehead atoms. The maximum atomic E-state index is 2.30. The van der Waals surface area contributed by atoms with Crippen LogP contribution in [-0.4, -0.2) is 6.54 Å². The highest BCUT2D eigenvalue weighted by Gasteiger charge is 2.05. The van der Waals surface area contributed by atoms with Gasteiger partial charge in [-0.1, -0.05) is 29.8 Å². The molecule has 0 aromatic heterocycles. The summed E-state index contributed by atoms with van der Waals surface area (Å²) < 4.78 is 0. The van der Waals surface area contributed by atoms with E-state index >= 15 is 0 Å². The topological polar surface area (TPSA) is 16.6 Å². The van der Waals surface area contributed by atoms with Crippen molar-refractivity contribution in [3.05, 3.63) is 53.6 Å². The number of nitrogens with two attached hydrogens (primary N) is 1. The number of fused-ring (bicyclic) bond motifs is 1. The van der Waals surface area contributed by atoms with Crippen molar-refractivity contribution >= 4 is 16.5 Å². The quantitative estimate of drug-likeness (QED) is 0.605. The van der Waals surface area contributed by atoms with Gasteiger partial charge in [0, 0.05) is 5.56 Å². The lowest BCUT2D eigenvalue weighted by molar-refractivity contribution is -0.561. The number of benzene rings is 2. The van der Waals surface area contributed by atoms with Gasteiger partial charge in [-0.15, -0.1) is 0 Å².